The highest BCUT2D eigenvalue weighted by Crippen LogP contribution is 2.40. The molecule has 1 aromatic rings. The smallest absolute Gasteiger partial charge is 0.325 e. The Kier molecular flexibility index (Phi) is 9.33. The molecule has 37 heavy (non-hydrogen) atoms. The second-order valence-corrected chi connectivity index (χ2v) is 8.57. The van der Waals surface area contributed by atoms with Crippen LogP contribution in [0.2, 0.25) is 0 Å². The van der Waals surface area contributed by atoms with Crippen LogP contribution >= 0.6 is 0 Å². The molecule has 2 aliphatic heterocycles. The van der Waals surface area contributed by atoms with Crippen molar-refractivity contribution in [3.05, 3.63) is 17.7 Å². The van der Waals surface area contributed by atoms with E-state index in [-0.39, 0.29) is 36.0 Å². The van der Waals surface area contributed by atoms with Crippen molar-refractivity contribution in [1.82, 2.24) is 9.80 Å². The number of ether oxygens (including phenoxy) is 6. The van der Waals surface area contributed by atoms with E-state index in [4.69, 9.17) is 28.4 Å². The molecule has 2 aliphatic rings. The average molecular weight is 523 g/mol. The van der Waals surface area contributed by atoms with Crippen molar-refractivity contribution in [1.29, 1.82) is 0 Å². The van der Waals surface area contributed by atoms with E-state index in [1.54, 1.807) is 6.92 Å². The highest BCUT2D eigenvalue weighted by Gasteiger charge is 2.54. The van der Waals surface area contributed by atoms with Gasteiger partial charge in [-0.25, -0.2) is 0 Å². The van der Waals surface area contributed by atoms with Gasteiger partial charge < -0.3 is 38.2 Å². The molecular weight excluding hydrogens is 488 g/mol. The number of esters is 1. The second kappa shape index (κ2) is 12.2. The molecule has 204 valence electrons. The van der Waals surface area contributed by atoms with Crippen LogP contribution in [0.25, 0.3) is 0 Å². The molecule has 2 bridgehead atoms. The molecule has 2 heterocycles. The third kappa shape index (κ3) is 5.35. The molecule has 0 spiro atoms. The Balaban J connectivity index is 2.02. The standard InChI is InChI=1S/C25H34N2O10/c1-7-37-19(28)13-26-20(25(35-5)36-6)15-9-8-10-16(23(26)30)27(15)24(31)21(29)14-11-17(32-2)22(34-4)18(12-14)33-3/h11-12,15-16,20,25H,7-10,13H2,1-6H3. The maximum Gasteiger partial charge on any atom is 0.325 e. The topological polar surface area (TPSA) is 130 Å². The van der Waals surface area contributed by atoms with Crippen LogP contribution in [0.4, 0.5) is 0 Å². The molecule has 3 unspecified atom stereocenters. The van der Waals surface area contributed by atoms with Crippen LogP contribution in [-0.4, -0.2) is 106 Å². The van der Waals surface area contributed by atoms with Gasteiger partial charge in [0.1, 0.15) is 18.6 Å². The summed E-state index contributed by atoms with van der Waals surface area (Å²) in [6.45, 7) is 1.51. The van der Waals surface area contributed by atoms with Crippen molar-refractivity contribution in [3.63, 3.8) is 0 Å². The van der Waals surface area contributed by atoms with Crippen molar-refractivity contribution in [2.45, 2.75) is 50.6 Å². The minimum absolute atomic E-state index is 0.0190. The van der Waals surface area contributed by atoms with Gasteiger partial charge in [0, 0.05) is 19.8 Å². The summed E-state index contributed by atoms with van der Waals surface area (Å²) in [4.78, 5) is 55.8. The summed E-state index contributed by atoms with van der Waals surface area (Å²) in [6, 6.07) is 0.397. The Hall–Kier alpha value is -3.38. The Bertz CT molecular complexity index is 1000. The first-order valence-electron chi connectivity index (χ1n) is 12.0. The van der Waals surface area contributed by atoms with Gasteiger partial charge >= 0.3 is 5.97 Å². The fourth-order valence-electron chi connectivity index (χ4n) is 5.13. The Labute approximate surface area is 215 Å². The zero-order valence-electron chi connectivity index (χ0n) is 22.0. The van der Waals surface area contributed by atoms with E-state index >= 15 is 0 Å². The maximum atomic E-state index is 13.7. The van der Waals surface area contributed by atoms with Crippen LogP contribution in [0.5, 0.6) is 17.2 Å². The van der Waals surface area contributed by atoms with Crippen LogP contribution in [0, 0.1) is 0 Å². The minimum Gasteiger partial charge on any atom is -0.493 e. The van der Waals surface area contributed by atoms with Gasteiger partial charge in [-0.1, -0.05) is 0 Å². The predicted octanol–water partition coefficient (Wildman–Crippen LogP) is 1.04. The number of carbonyl (C=O) groups excluding carboxylic acids is 4. The zero-order valence-corrected chi connectivity index (χ0v) is 22.0. The number of ketones is 1. The summed E-state index contributed by atoms with van der Waals surface area (Å²) in [7, 11) is 7.04. The van der Waals surface area contributed by atoms with Crippen molar-refractivity contribution < 1.29 is 47.6 Å². The molecule has 0 saturated carbocycles. The number of carbonyl (C=O) groups is 4. The molecule has 2 amide bonds. The van der Waals surface area contributed by atoms with Gasteiger partial charge in [-0.15, -0.1) is 0 Å². The third-order valence-electron chi connectivity index (χ3n) is 6.70. The molecule has 2 fully saturated rings. The molecular formula is C25H34N2O10. The van der Waals surface area contributed by atoms with E-state index in [1.165, 1.54) is 57.5 Å². The first kappa shape index (κ1) is 28.2. The lowest BCUT2D eigenvalue weighted by atomic mass is 9.84. The molecule has 0 aromatic heterocycles. The van der Waals surface area contributed by atoms with Gasteiger partial charge in [0.2, 0.25) is 11.7 Å². The molecule has 0 aliphatic carbocycles. The molecule has 3 rings (SSSR count). The van der Waals surface area contributed by atoms with E-state index in [0.717, 1.165) is 0 Å². The highest BCUT2D eigenvalue weighted by atomic mass is 16.7. The van der Waals surface area contributed by atoms with Gasteiger partial charge in [-0.05, 0) is 38.3 Å². The van der Waals surface area contributed by atoms with E-state index in [1.807, 2.05) is 0 Å². The van der Waals surface area contributed by atoms with Gasteiger partial charge in [0.25, 0.3) is 11.7 Å². The zero-order chi connectivity index (χ0) is 27.3. The predicted molar refractivity (Wildman–Crippen MR) is 129 cm³/mol. The Morgan fingerprint density at radius 2 is 1.59 bits per heavy atom. The molecule has 3 atom stereocenters. The lowest BCUT2D eigenvalue weighted by Crippen LogP contribution is -2.73. The van der Waals surface area contributed by atoms with Crippen molar-refractivity contribution in [3.8, 4) is 17.2 Å². The fourth-order valence-corrected chi connectivity index (χ4v) is 5.13. The summed E-state index contributed by atoms with van der Waals surface area (Å²) in [5.74, 6) is -2.05. The van der Waals surface area contributed by atoms with Crippen LogP contribution in [0.1, 0.15) is 36.5 Å². The number of benzene rings is 1. The molecule has 0 N–H and O–H groups in total. The summed E-state index contributed by atoms with van der Waals surface area (Å²) < 4.78 is 31.9. The van der Waals surface area contributed by atoms with E-state index in [9.17, 15) is 19.2 Å². The normalized spacial score (nSPS) is 21.1. The fraction of sp³-hybridized carbons (Fsp3) is 0.600. The summed E-state index contributed by atoms with van der Waals surface area (Å²) in [5, 5.41) is 0. The van der Waals surface area contributed by atoms with Gasteiger partial charge in [0.05, 0.1) is 34.0 Å². The number of likely N-dealkylation sites (tertiary alicyclic amines) is 1. The van der Waals surface area contributed by atoms with Gasteiger partial charge in [0.15, 0.2) is 17.8 Å². The number of fused-ring (bicyclic) bond motifs is 2. The molecule has 0 radical (unpaired) electrons. The van der Waals surface area contributed by atoms with Gasteiger partial charge in [-0.2, -0.15) is 0 Å². The van der Waals surface area contributed by atoms with Crippen LogP contribution in [0.3, 0.4) is 0 Å². The highest BCUT2D eigenvalue weighted by molar-refractivity contribution is 6.43. The quantitative estimate of drug-likeness (QED) is 0.180. The van der Waals surface area contributed by atoms with E-state index in [0.29, 0.717) is 19.3 Å². The van der Waals surface area contributed by atoms with Crippen LogP contribution in [-0.2, 0) is 28.6 Å². The average Bonchev–Trinajstić information content (AvgIpc) is 2.91. The number of methoxy groups -OCH3 is 5. The first-order chi connectivity index (χ1) is 17.8. The molecule has 2 saturated heterocycles. The SMILES string of the molecule is CCOC(=O)CN1C(=O)C2CCCC(C1C(OC)OC)N2C(=O)C(=O)c1cc(OC)c(OC)c(OC)c1. The summed E-state index contributed by atoms with van der Waals surface area (Å²) in [6.07, 6.45) is 0.521. The minimum atomic E-state index is -0.950. The number of Topliss-reactive ketones (excluding diaryl/α,β-unsaturated/α-hetero) is 1. The number of rotatable bonds is 11. The Morgan fingerprint density at radius 3 is 2.11 bits per heavy atom. The molecule has 12 nitrogen and oxygen atoms in total. The third-order valence-corrected chi connectivity index (χ3v) is 6.70. The maximum absolute atomic E-state index is 13.7. The molecule has 12 heteroatoms. The number of hydrogen-bond donors (Lipinski definition) is 0. The Morgan fingerprint density at radius 1 is 0.973 bits per heavy atom. The number of nitrogens with zero attached hydrogens (tertiary/aromatic N) is 2. The lowest BCUT2D eigenvalue weighted by Gasteiger charge is -2.54. The number of piperidine rings is 1. The largest absolute Gasteiger partial charge is 0.493 e. The van der Waals surface area contributed by atoms with Gasteiger partial charge in [-0.3, -0.25) is 19.2 Å². The number of hydrogen-bond acceptors (Lipinski definition) is 10. The van der Waals surface area contributed by atoms with Crippen molar-refractivity contribution in [2.75, 3.05) is 48.7 Å². The van der Waals surface area contributed by atoms with E-state index < -0.39 is 48.0 Å². The molecule has 1 aromatic carbocycles. The first-order valence-corrected chi connectivity index (χ1v) is 12.0. The summed E-state index contributed by atoms with van der Waals surface area (Å²) >= 11 is 0. The number of amides is 2. The van der Waals surface area contributed by atoms with Crippen molar-refractivity contribution in [2.24, 2.45) is 0 Å². The monoisotopic (exact) mass is 522 g/mol. The summed E-state index contributed by atoms with van der Waals surface area (Å²) in [5.41, 5.74) is 0.0190. The second-order valence-electron chi connectivity index (χ2n) is 8.57. The number of piperazine rings is 1. The van der Waals surface area contributed by atoms with Crippen LogP contribution < -0.4 is 14.2 Å². The lowest BCUT2D eigenvalue weighted by molar-refractivity contribution is -0.200. The van der Waals surface area contributed by atoms with Crippen molar-refractivity contribution >= 4 is 23.6 Å². The van der Waals surface area contributed by atoms with Crippen LogP contribution in [0.15, 0.2) is 12.1 Å². The van der Waals surface area contributed by atoms with E-state index in [2.05, 4.69) is 0 Å².